The molecular weight excluding hydrogens is 542 g/mol. The number of likely N-dealkylation sites (N-methyl/N-ethyl adjacent to an activating group) is 1. The Hall–Kier alpha value is -3.71. The highest BCUT2D eigenvalue weighted by Gasteiger charge is 2.20. The number of hydrogen-bond acceptors (Lipinski definition) is 5. The number of ether oxygens (including phenoxy) is 2. The first kappa shape index (κ1) is 31.2. The zero-order chi connectivity index (χ0) is 29.7. The number of rotatable bonds is 16. The Kier molecular flexibility index (Phi) is 11.9. The number of hydrogen-bond donors (Lipinski definition) is 0. The molecule has 0 atom stereocenters. The van der Waals surface area contributed by atoms with Gasteiger partial charge in [-0.25, -0.2) is 4.98 Å². The number of carbonyl (C=O) groups is 1. The van der Waals surface area contributed by atoms with E-state index in [2.05, 4.69) is 66.1 Å². The highest BCUT2D eigenvalue weighted by Crippen LogP contribution is 2.36. The van der Waals surface area contributed by atoms with Crippen LogP contribution in [0.4, 0.5) is 0 Å². The second kappa shape index (κ2) is 16.1. The van der Waals surface area contributed by atoms with Gasteiger partial charge >= 0.3 is 0 Å². The van der Waals surface area contributed by atoms with E-state index in [9.17, 15) is 4.79 Å². The molecule has 1 heterocycles. The Morgan fingerprint density at radius 2 is 1.57 bits per heavy atom. The van der Waals surface area contributed by atoms with Crippen LogP contribution in [0.15, 0.2) is 84.0 Å². The Morgan fingerprint density at radius 1 is 0.881 bits per heavy atom. The summed E-state index contributed by atoms with van der Waals surface area (Å²) in [6, 6.07) is 27.0. The van der Waals surface area contributed by atoms with Gasteiger partial charge in [0.05, 0.1) is 25.6 Å². The first-order chi connectivity index (χ1) is 20.5. The van der Waals surface area contributed by atoms with Crippen LogP contribution in [0, 0.1) is 0 Å². The van der Waals surface area contributed by atoms with E-state index in [4.69, 9.17) is 14.5 Å². The Labute approximate surface area is 255 Å². The predicted octanol–water partition coefficient (Wildman–Crippen LogP) is 8.00. The quantitative estimate of drug-likeness (QED) is 0.0985. The number of methoxy groups -OCH3 is 2. The molecule has 0 bridgehead atoms. The molecule has 4 aromatic rings. The minimum atomic E-state index is 0.183. The van der Waals surface area contributed by atoms with Crippen molar-refractivity contribution in [1.82, 2.24) is 14.5 Å². The van der Waals surface area contributed by atoms with Gasteiger partial charge in [0, 0.05) is 43.4 Å². The van der Waals surface area contributed by atoms with E-state index in [-0.39, 0.29) is 5.91 Å². The van der Waals surface area contributed by atoms with Gasteiger partial charge in [-0.1, -0.05) is 91.8 Å². The van der Waals surface area contributed by atoms with Crippen LogP contribution in [0.5, 0.6) is 11.5 Å². The number of thioether (sulfide) groups is 1. The van der Waals surface area contributed by atoms with Crippen LogP contribution in [-0.2, 0) is 17.8 Å². The van der Waals surface area contributed by atoms with Gasteiger partial charge in [0.15, 0.2) is 16.7 Å². The fourth-order valence-corrected chi connectivity index (χ4v) is 5.97. The van der Waals surface area contributed by atoms with Crippen molar-refractivity contribution in [3.8, 4) is 34.0 Å². The molecule has 0 spiro atoms. The lowest BCUT2D eigenvalue weighted by molar-refractivity contribution is -0.129. The third kappa shape index (κ3) is 8.19. The molecule has 0 radical (unpaired) electrons. The van der Waals surface area contributed by atoms with Crippen LogP contribution >= 0.6 is 11.8 Å². The third-order valence-electron chi connectivity index (χ3n) is 7.39. The van der Waals surface area contributed by atoms with E-state index in [0.29, 0.717) is 24.5 Å². The van der Waals surface area contributed by atoms with Crippen molar-refractivity contribution >= 4 is 17.7 Å². The standard InChI is InChI=1S/C35H43N3O3S/c1-5-6-23-38-34(29-17-11-8-12-18-29)33(28-15-9-7-10-16-28)36-35(38)42-25-14-13-19-32(39)37(2)24-22-27-20-21-30(40-3)31(26-27)41-4/h7-12,15-18,20-21,26H,5-6,13-14,19,22-25H2,1-4H3. The number of carbonyl (C=O) groups excluding carboxylic acids is 1. The SMILES string of the molecule is CCCCn1c(SCCCCC(=O)N(C)CCc2ccc(OC)c(OC)c2)nc(-c2ccccc2)c1-c1ccccc1. The molecule has 6 nitrogen and oxygen atoms in total. The molecule has 4 rings (SSSR count). The minimum Gasteiger partial charge on any atom is -0.493 e. The van der Waals surface area contributed by atoms with E-state index >= 15 is 0 Å². The normalized spacial score (nSPS) is 11.0. The molecular formula is C35H43N3O3S. The van der Waals surface area contributed by atoms with Crippen molar-refractivity contribution in [3.05, 3.63) is 84.4 Å². The lowest BCUT2D eigenvalue weighted by Crippen LogP contribution is -2.28. The highest BCUT2D eigenvalue weighted by atomic mass is 32.2. The summed E-state index contributed by atoms with van der Waals surface area (Å²) in [4.78, 5) is 19.8. The number of aromatic nitrogens is 2. The Morgan fingerprint density at radius 3 is 2.24 bits per heavy atom. The zero-order valence-electron chi connectivity index (χ0n) is 25.3. The number of nitrogens with zero attached hydrogens (tertiary/aromatic N) is 3. The average molecular weight is 586 g/mol. The molecule has 7 heteroatoms. The minimum absolute atomic E-state index is 0.183. The summed E-state index contributed by atoms with van der Waals surface area (Å²) in [5.74, 6) is 2.53. The van der Waals surface area contributed by atoms with Gasteiger partial charge in [-0.2, -0.15) is 0 Å². The fraction of sp³-hybridized carbons (Fsp3) is 0.371. The van der Waals surface area contributed by atoms with Crippen LogP contribution < -0.4 is 9.47 Å². The second-order valence-corrected chi connectivity index (χ2v) is 11.5. The molecule has 222 valence electrons. The summed E-state index contributed by atoms with van der Waals surface area (Å²) in [6.45, 7) is 3.83. The van der Waals surface area contributed by atoms with E-state index < -0.39 is 0 Å². The van der Waals surface area contributed by atoms with Crippen molar-refractivity contribution in [1.29, 1.82) is 0 Å². The van der Waals surface area contributed by atoms with Crippen molar-refractivity contribution < 1.29 is 14.3 Å². The molecule has 1 aromatic heterocycles. The molecule has 3 aromatic carbocycles. The van der Waals surface area contributed by atoms with Crippen molar-refractivity contribution in [2.24, 2.45) is 0 Å². The van der Waals surface area contributed by atoms with Crippen LogP contribution in [0.2, 0.25) is 0 Å². The zero-order valence-corrected chi connectivity index (χ0v) is 26.2. The molecule has 1 amide bonds. The van der Waals surface area contributed by atoms with Gasteiger partial charge in [0.2, 0.25) is 5.91 Å². The summed E-state index contributed by atoms with van der Waals surface area (Å²) < 4.78 is 13.1. The molecule has 0 aliphatic rings. The molecule has 0 unspecified atom stereocenters. The number of unbranched alkanes of at least 4 members (excludes halogenated alkanes) is 2. The topological polar surface area (TPSA) is 56.6 Å². The van der Waals surface area contributed by atoms with Gasteiger partial charge in [-0.3, -0.25) is 4.79 Å². The van der Waals surface area contributed by atoms with Crippen LogP contribution in [0.25, 0.3) is 22.5 Å². The fourth-order valence-electron chi connectivity index (χ4n) is 4.94. The molecule has 0 aliphatic carbocycles. The van der Waals surface area contributed by atoms with E-state index in [1.165, 1.54) is 11.3 Å². The maximum Gasteiger partial charge on any atom is 0.222 e. The van der Waals surface area contributed by atoms with Crippen molar-refractivity contribution in [2.45, 2.75) is 57.1 Å². The lowest BCUT2D eigenvalue weighted by atomic mass is 10.0. The van der Waals surface area contributed by atoms with Gasteiger partial charge < -0.3 is 18.9 Å². The van der Waals surface area contributed by atoms with Gasteiger partial charge in [0.25, 0.3) is 0 Å². The maximum absolute atomic E-state index is 12.8. The molecule has 0 fully saturated rings. The molecule has 42 heavy (non-hydrogen) atoms. The first-order valence-corrected chi connectivity index (χ1v) is 15.8. The summed E-state index contributed by atoms with van der Waals surface area (Å²) in [6.07, 6.45) is 5.37. The van der Waals surface area contributed by atoms with Gasteiger partial charge in [0.1, 0.15) is 0 Å². The van der Waals surface area contributed by atoms with Crippen LogP contribution in [-0.4, -0.2) is 53.9 Å². The molecule has 0 N–H and O–H groups in total. The number of benzene rings is 3. The van der Waals surface area contributed by atoms with E-state index in [1.807, 2.05) is 36.2 Å². The first-order valence-electron chi connectivity index (χ1n) is 14.8. The average Bonchev–Trinajstić information content (AvgIpc) is 3.40. The second-order valence-electron chi connectivity index (χ2n) is 10.4. The summed E-state index contributed by atoms with van der Waals surface area (Å²) in [7, 11) is 5.16. The largest absolute Gasteiger partial charge is 0.493 e. The predicted molar refractivity (Wildman–Crippen MR) is 173 cm³/mol. The molecule has 0 aliphatic heterocycles. The highest BCUT2D eigenvalue weighted by molar-refractivity contribution is 7.99. The summed E-state index contributed by atoms with van der Waals surface area (Å²) >= 11 is 1.80. The van der Waals surface area contributed by atoms with E-state index in [1.54, 1.807) is 26.0 Å². The molecule has 0 saturated carbocycles. The summed E-state index contributed by atoms with van der Waals surface area (Å²) in [5, 5.41) is 1.06. The molecule has 0 saturated heterocycles. The Balaban J connectivity index is 1.35. The number of imidazole rings is 1. The van der Waals surface area contributed by atoms with Crippen molar-refractivity contribution in [2.75, 3.05) is 33.6 Å². The van der Waals surface area contributed by atoms with Gasteiger partial charge in [-0.05, 0) is 43.4 Å². The van der Waals surface area contributed by atoms with Gasteiger partial charge in [-0.15, -0.1) is 0 Å². The number of amides is 1. The maximum atomic E-state index is 12.8. The van der Waals surface area contributed by atoms with Crippen LogP contribution in [0.3, 0.4) is 0 Å². The lowest BCUT2D eigenvalue weighted by Gasteiger charge is -2.18. The van der Waals surface area contributed by atoms with E-state index in [0.717, 1.165) is 66.4 Å². The Bertz CT molecular complexity index is 1410. The van der Waals surface area contributed by atoms with Crippen molar-refractivity contribution in [3.63, 3.8) is 0 Å². The third-order valence-corrected chi connectivity index (χ3v) is 8.45. The monoisotopic (exact) mass is 585 g/mol. The summed E-state index contributed by atoms with van der Waals surface area (Å²) in [5.41, 5.74) is 5.66. The smallest absolute Gasteiger partial charge is 0.222 e. The van der Waals surface area contributed by atoms with Crippen LogP contribution in [0.1, 0.15) is 44.6 Å².